The van der Waals surface area contributed by atoms with Crippen LogP contribution in [0.3, 0.4) is 0 Å². The van der Waals surface area contributed by atoms with Crippen molar-refractivity contribution in [2.75, 3.05) is 13.6 Å². The van der Waals surface area contributed by atoms with E-state index in [1.807, 2.05) is 0 Å². The molecule has 1 rings (SSSR count). The third-order valence-corrected chi connectivity index (χ3v) is 3.87. The lowest BCUT2D eigenvalue weighted by Crippen LogP contribution is -2.31. The fraction of sp³-hybridized carbons (Fsp3) is 0.462. The molecule has 0 aromatic heterocycles. The van der Waals surface area contributed by atoms with Gasteiger partial charge in [-0.15, -0.1) is 0 Å². The second-order valence-corrected chi connectivity index (χ2v) is 5.39. The van der Waals surface area contributed by atoms with Gasteiger partial charge in [0.2, 0.25) is 0 Å². The lowest BCUT2D eigenvalue weighted by Gasteiger charge is -2.21. The predicted molar refractivity (Wildman–Crippen MR) is 77.2 cm³/mol. The van der Waals surface area contributed by atoms with Gasteiger partial charge in [0, 0.05) is 19.7 Å². The molecular formula is C13H17BrN2O3. The van der Waals surface area contributed by atoms with Gasteiger partial charge < -0.3 is 4.90 Å². The Balaban J connectivity index is 3.00. The zero-order valence-corrected chi connectivity index (χ0v) is 12.8. The summed E-state index contributed by atoms with van der Waals surface area (Å²) in [4.78, 5) is 24.2. The highest BCUT2D eigenvalue weighted by molar-refractivity contribution is 9.10. The molecule has 1 unspecified atom stereocenters. The van der Waals surface area contributed by atoms with E-state index in [0.29, 0.717) is 18.0 Å². The number of nitro benzene ring substituents is 1. The summed E-state index contributed by atoms with van der Waals surface area (Å²) in [5, 5.41) is 10.8. The largest absolute Gasteiger partial charge is 0.341 e. The van der Waals surface area contributed by atoms with E-state index in [4.69, 9.17) is 0 Å². The van der Waals surface area contributed by atoms with Gasteiger partial charge in [-0.05, 0) is 27.9 Å². The third kappa shape index (κ3) is 3.76. The average molecular weight is 329 g/mol. The van der Waals surface area contributed by atoms with Crippen molar-refractivity contribution in [1.29, 1.82) is 0 Å². The smallest absolute Gasteiger partial charge is 0.284 e. The number of nitrogens with zero attached hydrogens (tertiary/aromatic N) is 2. The van der Waals surface area contributed by atoms with Crippen molar-refractivity contribution in [3.63, 3.8) is 0 Å². The first-order chi connectivity index (χ1) is 8.88. The van der Waals surface area contributed by atoms with Crippen LogP contribution in [0.2, 0.25) is 0 Å². The molecule has 0 radical (unpaired) electrons. The molecular weight excluding hydrogens is 312 g/mol. The number of rotatable bonds is 5. The number of carbonyl (C=O) groups is 1. The van der Waals surface area contributed by atoms with Gasteiger partial charge in [0.05, 0.1) is 10.5 Å². The Kier molecular flexibility index (Phi) is 5.47. The van der Waals surface area contributed by atoms with Crippen molar-refractivity contribution in [3.05, 3.63) is 38.3 Å². The van der Waals surface area contributed by atoms with E-state index in [9.17, 15) is 14.9 Å². The molecule has 5 nitrogen and oxygen atoms in total. The number of hydrogen-bond acceptors (Lipinski definition) is 3. The highest BCUT2D eigenvalue weighted by Gasteiger charge is 2.22. The van der Waals surface area contributed by atoms with Gasteiger partial charge in [0.25, 0.3) is 11.6 Å². The summed E-state index contributed by atoms with van der Waals surface area (Å²) in [5.74, 6) is 0.183. The molecule has 0 aliphatic carbocycles. The van der Waals surface area contributed by atoms with Crippen LogP contribution in [0.5, 0.6) is 0 Å². The van der Waals surface area contributed by atoms with Crippen molar-refractivity contribution < 1.29 is 9.72 Å². The number of benzene rings is 1. The van der Waals surface area contributed by atoms with Gasteiger partial charge >= 0.3 is 0 Å². The Morgan fingerprint density at radius 3 is 2.68 bits per heavy atom. The van der Waals surface area contributed by atoms with E-state index < -0.39 is 4.92 Å². The minimum atomic E-state index is -0.504. The maximum atomic E-state index is 12.3. The third-order valence-electron chi connectivity index (χ3n) is 3.03. The first-order valence-corrected chi connectivity index (χ1v) is 6.86. The van der Waals surface area contributed by atoms with E-state index in [-0.39, 0.29) is 16.1 Å². The maximum Gasteiger partial charge on any atom is 0.284 e. The lowest BCUT2D eigenvalue weighted by molar-refractivity contribution is -0.385. The Morgan fingerprint density at radius 1 is 1.53 bits per heavy atom. The molecule has 0 spiro atoms. The van der Waals surface area contributed by atoms with E-state index in [2.05, 4.69) is 29.8 Å². The monoisotopic (exact) mass is 328 g/mol. The fourth-order valence-corrected chi connectivity index (χ4v) is 2.29. The molecule has 0 aliphatic rings. The van der Waals surface area contributed by atoms with Crippen molar-refractivity contribution >= 4 is 27.5 Å². The van der Waals surface area contributed by atoms with Crippen LogP contribution in [0, 0.1) is 16.0 Å². The van der Waals surface area contributed by atoms with Gasteiger partial charge in [-0.25, -0.2) is 0 Å². The highest BCUT2D eigenvalue weighted by atomic mass is 79.9. The normalized spacial score (nSPS) is 12.0. The van der Waals surface area contributed by atoms with Crippen LogP contribution >= 0.6 is 15.9 Å². The summed E-state index contributed by atoms with van der Waals surface area (Å²) in [7, 11) is 1.71. The average Bonchev–Trinajstić information content (AvgIpc) is 2.37. The Hall–Kier alpha value is -1.43. The fourth-order valence-electron chi connectivity index (χ4n) is 1.71. The number of nitro groups is 1. The summed E-state index contributed by atoms with van der Waals surface area (Å²) in [5.41, 5.74) is 0.225. The minimum Gasteiger partial charge on any atom is -0.341 e. The molecule has 0 fully saturated rings. The number of halogens is 1. The van der Waals surface area contributed by atoms with Gasteiger partial charge in [-0.2, -0.15) is 0 Å². The van der Waals surface area contributed by atoms with E-state index >= 15 is 0 Å². The van der Waals surface area contributed by atoms with E-state index in [1.165, 1.54) is 12.1 Å². The molecule has 0 bridgehead atoms. The first kappa shape index (κ1) is 15.6. The molecule has 19 heavy (non-hydrogen) atoms. The summed E-state index contributed by atoms with van der Waals surface area (Å²) >= 11 is 3.14. The molecule has 104 valence electrons. The van der Waals surface area contributed by atoms with Crippen LogP contribution in [0.25, 0.3) is 0 Å². The Bertz CT molecular complexity index is 491. The SMILES string of the molecule is CCC(C)CN(C)C(=O)c1cccc([N+](=O)[O-])c1Br. The zero-order valence-electron chi connectivity index (χ0n) is 11.2. The number of amides is 1. The van der Waals surface area contributed by atoms with Crippen molar-refractivity contribution in [3.8, 4) is 0 Å². The van der Waals surface area contributed by atoms with Crippen LogP contribution < -0.4 is 0 Å². The number of hydrogen-bond donors (Lipinski definition) is 0. The van der Waals surface area contributed by atoms with E-state index in [1.54, 1.807) is 18.0 Å². The quantitative estimate of drug-likeness (QED) is 0.614. The van der Waals surface area contributed by atoms with Gasteiger partial charge in [0.1, 0.15) is 4.47 Å². The number of carbonyl (C=O) groups excluding carboxylic acids is 1. The second kappa shape index (κ2) is 6.65. The summed E-state index contributed by atoms with van der Waals surface area (Å²) in [6, 6.07) is 4.48. The summed E-state index contributed by atoms with van der Waals surface area (Å²) in [6.45, 7) is 4.75. The standard InChI is InChI=1S/C13H17BrN2O3/c1-4-9(2)8-15(3)13(17)10-6-5-7-11(12(10)14)16(18)19/h5-7,9H,4,8H2,1-3H3. The minimum absolute atomic E-state index is 0.0946. The predicted octanol–water partition coefficient (Wildman–Crippen LogP) is 3.48. The molecule has 6 heteroatoms. The molecule has 1 atom stereocenters. The summed E-state index contributed by atoms with van der Waals surface area (Å²) < 4.78 is 0.237. The molecule has 0 aliphatic heterocycles. The van der Waals surface area contributed by atoms with E-state index in [0.717, 1.165) is 6.42 Å². The van der Waals surface area contributed by atoms with Crippen LogP contribution in [-0.4, -0.2) is 29.3 Å². The second-order valence-electron chi connectivity index (χ2n) is 4.59. The topological polar surface area (TPSA) is 63.5 Å². The summed E-state index contributed by atoms with van der Waals surface area (Å²) in [6.07, 6.45) is 0.980. The van der Waals surface area contributed by atoms with Gasteiger partial charge in [-0.3, -0.25) is 14.9 Å². The zero-order chi connectivity index (χ0) is 14.6. The van der Waals surface area contributed by atoms with Crippen molar-refractivity contribution in [2.24, 2.45) is 5.92 Å². The molecule has 1 aromatic carbocycles. The van der Waals surface area contributed by atoms with Crippen LogP contribution in [0.15, 0.2) is 22.7 Å². The van der Waals surface area contributed by atoms with Crippen molar-refractivity contribution in [1.82, 2.24) is 4.90 Å². The molecule has 0 N–H and O–H groups in total. The van der Waals surface area contributed by atoms with Gasteiger partial charge in [0.15, 0.2) is 0 Å². The molecule has 0 heterocycles. The van der Waals surface area contributed by atoms with Gasteiger partial charge in [-0.1, -0.05) is 26.3 Å². The highest BCUT2D eigenvalue weighted by Crippen LogP contribution is 2.29. The van der Waals surface area contributed by atoms with Crippen LogP contribution in [-0.2, 0) is 0 Å². The molecule has 1 aromatic rings. The Morgan fingerprint density at radius 2 is 2.16 bits per heavy atom. The molecule has 1 amide bonds. The van der Waals surface area contributed by atoms with Crippen LogP contribution in [0.4, 0.5) is 5.69 Å². The van der Waals surface area contributed by atoms with Crippen molar-refractivity contribution in [2.45, 2.75) is 20.3 Å². The van der Waals surface area contributed by atoms with Crippen LogP contribution in [0.1, 0.15) is 30.6 Å². The maximum absolute atomic E-state index is 12.3. The first-order valence-electron chi connectivity index (χ1n) is 6.06. The lowest BCUT2D eigenvalue weighted by atomic mass is 10.1. The Labute approximate surface area is 120 Å². The molecule has 0 saturated carbocycles. The molecule has 0 saturated heterocycles.